The monoisotopic (exact) mass is 267 g/mol. The van der Waals surface area contributed by atoms with Gasteiger partial charge in [0.25, 0.3) is 0 Å². The van der Waals surface area contributed by atoms with Crippen LogP contribution in [-0.4, -0.2) is 5.78 Å². The molecule has 3 heteroatoms. The fourth-order valence-electron chi connectivity index (χ4n) is 2.05. The molecule has 0 aromatic heterocycles. The lowest BCUT2D eigenvalue weighted by atomic mass is 9.90. The number of carbonyl (C=O) groups excluding carboxylic acids is 1. The van der Waals surface area contributed by atoms with Crippen LogP contribution in [0.5, 0.6) is 0 Å². The van der Waals surface area contributed by atoms with Gasteiger partial charge in [-0.15, -0.1) is 0 Å². The lowest BCUT2D eigenvalue weighted by Gasteiger charge is -2.10. The molecule has 0 spiro atoms. The maximum absolute atomic E-state index is 13.5. The van der Waals surface area contributed by atoms with Gasteiger partial charge in [-0.25, -0.2) is 4.39 Å². The Bertz CT molecular complexity index is 700. The van der Waals surface area contributed by atoms with Crippen molar-refractivity contribution in [3.63, 3.8) is 0 Å². The first-order valence-electron chi connectivity index (χ1n) is 6.29. The Morgan fingerprint density at radius 3 is 2.55 bits per heavy atom. The molecule has 0 aliphatic rings. The van der Waals surface area contributed by atoms with Crippen molar-refractivity contribution in [1.82, 2.24) is 0 Å². The summed E-state index contributed by atoms with van der Waals surface area (Å²) < 4.78 is 13.5. The molecule has 0 saturated carbocycles. The van der Waals surface area contributed by atoms with Crippen molar-refractivity contribution in [3.05, 3.63) is 70.5 Å². The van der Waals surface area contributed by atoms with E-state index in [9.17, 15) is 14.4 Å². The van der Waals surface area contributed by atoms with Crippen molar-refractivity contribution < 1.29 is 9.18 Å². The molecular weight excluding hydrogens is 253 g/mol. The molecule has 1 unspecified atom stereocenters. The first-order chi connectivity index (χ1) is 9.52. The molecule has 0 saturated heterocycles. The number of carbonyl (C=O) groups is 1. The molecule has 2 aromatic carbocycles. The van der Waals surface area contributed by atoms with Crippen LogP contribution in [0.1, 0.15) is 33.0 Å². The number of hydrogen-bond acceptors (Lipinski definition) is 2. The van der Waals surface area contributed by atoms with Crippen LogP contribution in [0.2, 0.25) is 0 Å². The van der Waals surface area contributed by atoms with Gasteiger partial charge in [-0.05, 0) is 31.0 Å². The van der Waals surface area contributed by atoms with E-state index < -0.39 is 11.7 Å². The highest BCUT2D eigenvalue weighted by Gasteiger charge is 2.22. The van der Waals surface area contributed by atoms with Crippen LogP contribution in [0.3, 0.4) is 0 Å². The number of rotatable bonds is 3. The van der Waals surface area contributed by atoms with E-state index in [0.29, 0.717) is 11.1 Å². The Balaban J connectivity index is 2.39. The summed E-state index contributed by atoms with van der Waals surface area (Å²) in [4.78, 5) is 12.4. The Kier molecular flexibility index (Phi) is 3.95. The largest absolute Gasteiger partial charge is 0.292 e. The molecule has 1 atom stereocenters. The number of nitriles is 1. The Hall–Kier alpha value is -2.47. The molecule has 0 N–H and O–H groups in total. The highest BCUT2D eigenvalue weighted by Crippen LogP contribution is 2.22. The van der Waals surface area contributed by atoms with Crippen LogP contribution < -0.4 is 0 Å². The van der Waals surface area contributed by atoms with Gasteiger partial charge in [0.2, 0.25) is 0 Å². The number of nitrogens with zero attached hydrogens (tertiary/aromatic N) is 1. The van der Waals surface area contributed by atoms with Crippen molar-refractivity contribution in [2.24, 2.45) is 0 Å². The molecule has 0 fully saturated rings. The minimum atomic E-state index is -0.906. The lowest BCUT2D eigenvalue weighted by molar-refractivity contribution is 0.0978. The van der Waals surface area contributed by atoms with E-state index >= 15 is 0 Å². The second kappa shape index (κ2) is 5.66. The number of ketones is 1. The lowest BCUT2D eigenvalue weighted by Crippen LogP contribution is -2.12. The van der Waals surface area contributed by atoms with E-state index in [4.69, 9.17) is 0 Å². The molecule has 0 radical (unpaired) electrons. The van der Waals surface area contributed by atoms with Gasteiger partial charge in [-0.1, -0.05) is 42.0 Å². The maximum atomic E-state index is 13.5. The molecule has 2 nitrogen and oxygen atoms in total. The molecule has 0 aliphatic carbocycles. The van der Waals surface area contributed by atoms with Crippen molar-refractivity contribution >= 4 is 5.78 Å². The molecule has 2 rings (SSSR count). The minimum Gasteiger partial charge on any atom is -0.292 e. The van der Waals surface area contributed by atoms with Gasteiger partial charge in [0, 0.05) is 5.56 Å². The predicted octanol–water partition coefficient (Wildman–Crippen LogP) is 3.93. The first-order valence-corrected chi connectivity index (χ1v) is 6.29. The average Bonchev–Trinajstić information content (AvgIpc) is 2.42. The molecule has 100 valence electrons. The van der Waals surface area contributed by atoms with E-state index in [-0.39, 0.29) is 11.3 Å². The number of aryl methyl sites for hydroxylation is 2. The van der Waals surface area contributed by atoms with Gasteiger partial charge in [-0.3, -0.25) is 4.79 Å². The average molecular weight is 267 g/mol. The summed E-state index contributed by atoms with van der Waals surface area (Å²) >= 11 is 0. The third-order valence-corrected chi connectivity index (χ3v) is 3.22. The zero-order valence-corrected chi connectivity index (χ0v) is 11.4. The summed E-state index contributed by atoms with van der Waals surface area (Å²) in [5, 5.41) is 9.26. The summed E-state index contributed by atoms with van der Waals surface area (Å²) in [6.45, 7) is 3.53. The molecular formula is C17H14FNO. The van der Waals surface area contributed by atoms with Gasteiger partial charge >= 0.3 is 0 Å². The summed E-state index contributed by atoms with van der Waals surface area (Å²) in [5.74, 6) is -1.72. The van der Waals surface area contributed by atoms with Crippen LogP contribution in [0, 0.1) is 31.0 Å². The van der Waals surface area contributed by atoms with E-state index in [2.05, 4.69) is 0 Å². The van der Waals surface area contributed by atoms with Crippen LogP contribution >= 0.6 is 0 Å². The number of Topliss-reactive ketones (excluding diaryl/α,β-unsaturated/α-hetero) is 1. The zero-order valence-electron chi connectivity index (χ0n) is 11.4. The molecule has 0 bridgehead atoms. The summed E-state index contributed by atoms with van der Waals surface area (Å²) in [6.07, 6.45) is 0. The second-order valence-electron chi connectivity index (χ2n) is 4.80. The smallest absolute Gasteiger partial charge is 0.184 e. The fourth-order valence-corrected chi connectivity index (χ4v) is 2.05. The predicted molar refractivity (Wildman–Crippen MR) is 75.0 cm³/mol. The van der Waals surface area contributed by atoms with E-state index in [0.717, 1.165) is 5.56 Å². The molecule has 0 heterocycles. The summed E-state index contributed by atoms with van der Waals surface area (Å²) in [5.41, 5.74) is 2.32. The minimum absolute atomic E-state index is 0.223. The van der Waals surface area contributed by atoms with E-state index in [1.54, 1.807) is 37.3 Å². The topological polar surface area (TPSA) is 40.9 Å². The Labute approximate surface area is 117 Å². The van der Waals surface area contributed by atoms with E-state index in [1.165, 1.54) is 6.07 Å². The summed E-state index contributed by atoms with van der Waals surface area (Å²) in [6, 6.07) is 13.5. The van der Waals surface area contributed by atoms with Crippen LogP contribution in [-0.2, 0) is 0 Å². The number of benzene rings is 2. The van der Waals surface area contributed by atoms with Crippen LogP contribution in [0.4, 0.5) is 4.39 Å². The zero-order chi connectivity index (χ0) is 14.7. The molecule has 0 aliphatic heterocycles. The van der Waals surface area contributed by atoms with Crippen molar-refractivity contribution in [2.75, 3.05) is 0 Å². The fraction of sp³-hybridized carbons (Fsp3) is 0.176. The highest BCUT2D eigenvalue weighted by molar-refractivity contribution is 6.02. The Morgan fingerprint density at radius 2 is 1.95 bits per heavy atom. The van der Waals surface area contributed by atoms with Crippen LogP contribution in [0.15, 0.2) is 42.5 Å². The van der Waals surface area contributed by atoms with Gasteiger partial charge in [0.1, 0.15) is 11.7 Å². The standard InChI is InChI=1S/C17H14FNO/c1-11-4-3-5-13(8-11)15(10-19)17(20)14-7-6-12(2)16(18)9-14/h3-9,15H,1-2H3. The number of halogens is 1. The first kappa shape index (κ1) is 14.0. The van der Waals surface area contributed by atoms with Gasteiger partial charge in [0.05, 0.1) is 6.07 Å². The second-order valence-corrected chi connectivity index (χ2v) is 4.80. The molecule has 0 amide bonds. The third kappa shape index (κ3) is 2.75. The third-order valence-electron chi connectivity index (χ3n) is 3.22. The van der Waals surface area contributed by atoms with Crippen LogP contribution in [0.25, 0.3) is 0 Å². The highest BCUT2D eigenvalue weighted by atomic mass is 19.1. The van der Waals surface area contributed by atoms with Crippen molar-refractivity contribution in [3.8, 4) is 6.07 Å². The van der Waals surface area contributed by atoms with E-state index in [1.807, 2.05) is 19.1 Å². The van der Waals surface area contributed by atoms with Gasteiger partial charge < -0.3 is 0 Å². The number of hydrogen-bond donors (Lipinski definition) is 0. The van der Waals surface area contributed by atoms with Gasteiger partial charge in [-0.2, -0.15) is 5.26 Å². The SMILES string of the molecule is Cc1cccc(C(C#N)C(=O)c2ccc(C)c(F)c2)c1. The van der Waals surface area contributed by atoms with Crippen molar-refractivity contribution in [1.29, 1.82) is 5.26 Å². The molecule has 20 heavy (non-hydrogen) atoms. The summed E-state index contributed by atoms with van der Waals surface area (Å²) in [7, 11) is 0. The molecule has 2 aromatic rings. The van der Waals surface area contributed by atoms with Crippen molar-refractivity contribution in [2.45, 2.75) is 19.8 Å². The normalized spacial score (nSPS) is 11.7. The Morgan fingerprint density at radius 1 is 1.20 bits per heavy atom. The maximum Gasteiger partial charge on any atom is 0.184 e. The van der Waals surface area contributed by atoms with Gasteiger partial charge in [0.15, 0.2) is 5.78 Å². The quantitative estimate of drug-likeness (QED) is 0.790.